The molecule has 1 aliphatic rings. The van der Waals surface area contributed by atoms with E-state index in [0.29, 0.717) is 40.9 Å². The first-order chi connectivity index (χ1) is 13.6. The topological polar surface area (TPSA) is 93.4 Å². The number of amides is 2. The number of anilines is 3. The van der Waals surface area contributed by atoms with Crippen molar-refractivity contribution in [2.24, 2.45) is 0 Å². The third-order valence-corrected chi connectivity index (χ3v) is 4.41. The summed E-state index contributed by atoms with van der Waals surface area (Å²) in [6.07, 6.45) is 0.640. The summed E-state index contributed by atoms with van der Waals surface area (Å²) in [5, 5.41) is 5.60. The van der Waals surface area contributed by atoms with E-state index in [2.05, 4.69) is 10.6 Å². The first kappa shape index (κ1) is 18.8. The minimum atomic E-state index is -0.264. The van der Waals surface area contributed by atoms with E-state index >= 15 is 0 Å². The number of nitrogens with one attached hydrogen (secondary N) is 2. The fourth-order valence-corrected chi connectivity index (χ4v) is 2.91. The summed E-state index contributed by atoms with van der Waals surface area (Å²) in [7, 11) is 0. The molecule has 0 saturated heterocycles. The van der Waals surface area contributed by atoms with Crippen LogP contribution in [-0.4, -0.2) is 11.8 Å². The van der Waals surface area contributed by atoms with Crippen LogP contribution in [0.3, 0.4) is 0 Å². The summed E-state index contributed by atoms with van der Waals surface area (Å²) in [6.45, 7) is 0. The van der Waals surface area contributed by atoms with Crippen molar-refractivity contribution < 1.29 is 14.3 Å². The molecule has 3 aromatic rings. The van der Waals surface area contributed by atoms with Crippen LogP contribution in [0.1, 0.15) is 15.9 Å². The molecule has 0 saturated carbocycles. The van der Waals surface area contributed by atoms with E-state index in [1.54, 1.807) is 60.7 Å². The quantitative estimate of drug-likeness (QED) is 0.300. The van der Waals surface area contributed by atoms with Gasteiger partial charge < -0.3 is 25.9 Å². The normalized spacial score (nSPS) is 12.1. The Morgan fingerprint density at radius 2 is 1.69 bits per heavy atom. The fourth-order valence-electron chi connectivity index (χ4n) is 2.91. The molecule has 0 aliphatic carbocycles. The Balaban J connectivity index is 0.00000240. The van der Waals surface area contributed by atoms with Crippen LogP contribution >= 0.6 is 0 Å². The van der Waals surface area contributed by atoms with Gasteiger partial charge in [-0.15, -0.1) is 6.10 Å². The number of para-hydroxylation sites is 4. The standard InChI is InChI=1S/C22H18N3O3.Hs/c23-16-5-1-2-6-17(16)24-21(26)15-11-9-14(10-12-15)13-20-22(27)25-18-7-3-4-8-19(18)28-20;/h1-12H,13,23H2,(H,24,26)(H,25,27);/q-1;. The van der Waals surface area contributed by atoms with Crippen LogP contribution in [0.25, 0.3) is 0 Å². The second-order valence-electron chi connectivity index (χ2n) is 6.39. The number of fused-ring (bicyclic) bond motifs is 1. The molecule has 6 nitrogen and oxygen atoms in total. The van der Waals surface area contributed by atoms with Gasteiger partial charge >= 0.3 is 0 Å². The summed E-state index contributed by atoms with van der Waals surface area (Å²) in [6, 6.07) is 21.4. The summed E-state index contributed by atoms with van der Waals surface area (Å²) >= 11 is 0. The minimum Gasteiger partial charge on any atom is -0.630 e. The molecule has 1 heterocycles. The average molecular weight is 641 g/mol. The first-order valence-corrected chi connectivity index (χ1v) is 8.79. The van der Waals surface area contributed by atoms with Crippen LogP contribution in [0, 0.1) is 6.10 Å². The van der Waals surface area contributed by atoms with Gasteiger partial charge in [0.15, 0.2) is 0 Å². The molecule has 0 spiro atoms. The van der Waals surface area contributed by atoms with Crippen molar-refractivity contribution in [1.82, 2.24) is 0 Å². The van der Waals surface area contributed by atoms with Gasteiger partial charge in [-0.2, -0.15) is 0 Å². The molecule has 0 unspecified atom stereocenters. The Labute approximate surface area is 162 Å². The second-order valence-corrected chi connectivity index (χ2v) is 6.39. The van der Waals surface area contributed by atoms with E-state index in [1.807, 2.05) is 12.1 Å². The van der Waals surface area contributed by atoms with E-state index in [1.165, 1.54) is 0 Å². The minimum absolute atomic E-state index is 0. The van der Waals surface area contributed by atoms with Crippen molar-refractivity contribution in [2.75, 3.05) is 16.4 Å². The van der Waals surface area contributed by atoms with Crippen molar-refractivity contribution in [1.29, 1.82) is 0 Å². The molecule has 0 aromatic heterocycles. The molecule has 0 fully saturated rings. The summed E-state index contributed by atoms with van der Waals surface area (Å²) in [4.78, 5) is 24.6. The maximum Gasteiger partial charge on any atom is 0.255 e. The number of ether oxygens (including phenoxy) is 1. The predicted octanol–water partition coefficient (Wildman–Crippen LogP) is 3.63. The van der Waals surface area contributed by atoms with Gasteiger partial charge in [0.25, 0.3) is 5.91 Å². The van der Waals surface area contributed by atoms with Crippen LogP contribution in [0.5, 0.6) is 5.75 Å². The molecule has 0 bridgehead atoms. The number of benzene rings is 3. The van der Waals surface area contributed by atoms with Gasteiger partial charge in [-0.25, -0.2) is 0 Å². The number of carbonyl (C=O) groups excluding carboxylic acids is 2. The number of hydrogen-bond acceptors (Lipinski definition) is 4. The third kappa shape index (κ3) is 3.93. The number of rotatable bonds is 4. The third-order valence-electron chi connectivity index (χ3n) is 4.41. The Bertz CT molecular complexity index is 1040. The van der Waals surface area contributed by atoms with E-state index in [-0.39, 0.29) is 11.8 Å². The zero-order chi connectivity index (χ0) is 19.5. The van der Waals surface area contributed by atoms with E-state index in [4.69, 9.17) is 10.5 Å². The molecule has 2 amide bonds. The van der Waals surface area contributed by atoms with Gasteiger partial charge in [-0.3, -0.25) is 4.79 Å². The SMILES string of the molecule is Nc1ccccc1NC(=O)c1ccc(C[C-]2Oc3ccccc3NC2=O)cc1.[Hs]. The zero-order valence-corrected chi connectivity index (χ0v) is 22.2. The first-order valence-electron chi connectivity index (χ1n) is 8.79. The van der Waals surface area contributed by atoms with Crippen molar-refractivity contribution in [3.8, 4) is 5.75 Å². The van der Waals surface area contributed by atoms with Gasteiger partial charge in [-0.1, -0.05) is 48.4 Å². The largest absolute Gasteiger partial charge is 0.630 e. The predicted molar refractivity (Wildman–Crippen MR) is 108 cm³/mol. The monoisotopic (exact) mass is 641 g/mol. The second kappa shape index (κ2) is 7.75. The van der Waals surface area contributed by atoms with Crippen molar-refractivity contribution in [3.05, 3.63) is 90.0 Å². The molecule has 4 N–H and O–H groups in total. The van der Waals surface area contributed by atoms with Crippen molar-refractivity contribution in [3.63, 3.8) is 0 Å². The van der Waals surface area contributed by atoms with Crippen molar-refractivity contribution in [2.45, 2.75) is 6.42 Å². The molecule has 7 heteroatoms. The summed E-state index contributed by atoms with van der Waals surface area (Å²) in [5.41, 5.74) is 8.94. The number of carbonyl (C=O) groups is 2. The maximum atomic E-state index is 12.4. The van der Waals surface area contributed by atoms with Crippen LogP contribution in [0.15, 0.2) is 72.8 Å². The average Bonchev–Trinajstić information content (AvgIpc) is 2.71. The summed E-state index contributed by atoms with van der Waals surface area (Å²) in [5.74, 6) is 0.103. The van der Waals surface area contributed by atoms with Gasteiger partial charge in [0.05, 0.1) is 17.1 Å². The molecule has 142 valence electrons. The Kier molecular flexibility index (Phi) is 5.04. The van der Waals surface area contributed by atoms with E-state index in [9.17, 15) is 9.59 Å². The molecular formula is C22H18HsN3O3-. The Morgan fingerprint density at radius 3 is 2.45 bits per heavy atom. The van der Waals surface area contributed by atoms with Gasteiger partial charge in [-0.05, 0) is 36.4 Å². The van der Waals surface area contributed by atoms with Gasteiger partial charge in [0, 0.05) is 5.56 Å². The number of hydrogen-bond donors (Lipinski definition) is 3. The van der Waals surface area contributed by atoms with Crippen LogP contribution < -0.4 is 21.1 Å². The molecular weight excluding hydrogens is 623 g/mol. The summed E-state index contributed by atoms with van der Waals surface area (Å²) < 4.78 is 5.73. The van der Waals surface area contributed by atoms with Crippen LogP contribution in [0.4, 0.5) is 17.1 Å². The van der Waals surface area contributed by atoms with E-state index < -0.39 is 0 Å². The van der Waals surface area contributed by atoms with Crippen LogP contribution in [0.2, 0.25) is 0 Å². The number of nitrogen functional groups attached to an aromatic ring is 1. The number of nitrogens with two attached hydrogens (primary N) is 1. The molecule has 0 radical (unpaired) electrons. The zero-order valence-electron chi connectivity index (χ0n) is 15.6. The maximum absolute atomic E-state index is 12.4. The molecule has 0 atom stereocenters. The Morgan fingerprint density at radius 1 is 1.00 bits per heavy atom. The Hall–Kier alpha value is -4.93. The molecule has 4 rings (SSSR count). The van der Waals surface area contributed by atoms with Gasteiger partial charge in [0.1, 0.15) is 11.7 Å². The van der Waals surface area contributed by atoms with Gasteiger partial charge in [0.2, 0.25) is 0 Å². The van der Waals surface area contributed by atoms with Crippen LogP contribution in [-0.2, 0) is 11.2 Å². The molecule has 3 aromatic carbocycles. The molecule has 29 heavy (non-hydrogen) atoms. The van der Waals surface area contributed by atoms with E-state index in [0.717, 1.165) is 5.56 Å². The molecule has 1 aliphatic heterocycles. The smallest absolute Gasteiger partial charge is 0.255 e. The fraction of sp³-hybridized carbons (Fsp3) is 0.0455. The van der Waals surface area contributed by atoms with Crippen molar-refractivity contribution >= 4 is 28.9 Å².